The molecule has 1 unspecified atom stereocenters. The molecular formula is C20H19NO3S. The number of benzene rings is 1. The van der Waals surface area contributed by atoms with Gasteiger partial charge in [0.2, 0.25) is 0 Å². The van der Waals surface area contributed by atoms with Crippen molar-refractivity contribution in [1.29, 1.82) is 0 Å². The van der Waals surface area contributed by atoms with Crippen LogP contribution in [0.1, 0.15) is 52.2 Å². The lowest BCUT2D eigenvalue weighted by atomic mass is 9.91. The predicted octanol–water partition coefficient (Wildman–Crippen LogP) is 4.43. The molecule has 2 heterocycles. The van der Waals surface area contributed by atoms with Gasteiger partial charge in [0.05, 0.1) is 12.5 Å². The van der Waals surface area contributed by atoms with E-state index in [2.05, 4.69) is 4.99 Å². The third kappa shape index (κ3) is 3.04. The maximum atomic E-state index is 12.5. The molecule has 2 aromatic rings. The molecule has 0 saturated heterocycles. The minimum Gasteiger partial charge on any atom is -0.462 e. The Morgan fingerprint density at radius 3 is 2.72 bits per heavy atom. The highest BCUT2D eigenvalue weighted by Crippen LogP contribution is 2.46. The average Bonchev–Trinajstić information content (AvgIpc) is 3.36. The molecule has 25 heavy (non-hydrogen) atoms. The van der Waals surface area contributed by atoms with Gasteiger partial charge in [0.1, 0.15) is 4.88 Å². The molecule has 1 aromatic carbocycles. The van der Waals surface area contributed by atoms with Gasteiger partial charge in [0, 0.05) is 22.2 Å². The second-order valence-corrected chi connectivity index (χ2v) is 7.55. The summed E-state index contributed by atoms with van der Waals surface area (Å²) in [6.45, 7) is 2.13. The largest absolute Gasteiger partial charge is 0.462 e. The van der Waals surface area contributed by atoms with E-state index in [9.17, 15) is 9.59 Å². The molecule has 5 heteroatoms. The highest BCUT2D eigenvalue weighted by molar-refractivity contribution is 7.15. The zero-order chi connectivity index (χ0) is 17.4. The number of carbonyl (C=O) groups excluding carboxylic acids is 2. The lowest BCUT2D eigenvalue weighted by Gasteiger charge is -2.16. The summed E-state index contributed by atoms with van der Waals surface area (Å²) in [5, 5.41) is 0. The predicted molar refractivity (Wildman–Crippen MR) is 98.4 cm³/mol. The fourth-order valence-electron chi connectivity index (χ4n) is 3.31. The molecule has 1 fully saturated rings. The van der Waals surface area contributed by atoms with E-state index in [1.807, 2.05) is 30.3 Å². The quantitative estimate of drug-likeness (QED) is 0.747. The fourth-order valence-corrected chi connectivity index (χ4v) is 4.60. The number of rotatable bonds is 5. The van der Waals surface area contributed by atoms with Gasteiger partial charge in [-0.2, -0.15) is 0 Å². The molecule has 1 saturated carbocycles. The van der Waals surface area contributed by atoms with E-state index in [1.54, 1.807) is 13.1 Å². The van der Waals surface area contributed by atoms with Gasteiger partial charge in [-0.3, -0.25) is 4.79 Å². The molecule has 0 spiro atoms. The van der Waals surface area contributed by atoms with Gasteiger partial charge in [-0.25, -0.2) is 9.79 Å². The summed E-state index contributed by atoms with van der Waals surface area (Å²) in [4.78, 5) is 30.6. The Kier molecular flexibility index (Phi) is 4.25. The number of esters is 1. The molecule has 1 amide bonds. The normalized spacial score (nSPS) is 18.9. The van der Waals surface area contributed by atoms with Gasteiger partial charge in [-0.1, -0.05) is 43.2 Å². The van der Waals surface area contributed by atoms with Crippen LogP contribution < -0.4 is 0 Å². The third-order valence-corrected chi connectivity index (χ3v) is 6.00. The smallest absolute Gasteiger partial charge is 0.348 e. The molecular weight excluding hydrogens is 334 g/mol. The van der Waals surface area contributed by atoms with Crippen LogP contribution >= 0.6 is 11.3 Å². The molecule has 128 valence electrons. The van der Waals surface area contributed by atoms with Gasteiger partial charge in [0.25, 0.3) is 5.91 Å². The first-order chi connectivity index (χ1) is 12.2. The molecule has 1 aromatic heterocycles. The van der Waals surface area contributed by atoms with E-state index in [1.165, 1.54) is 24.2 Å². The Labute approximate surface area is 150 Å². The number of carbonyl (C=O) groups is 2. The highest BCUT2D eigenvalue weighted by Gasteiger charge is 2.37. The monoisotopic (exact) mass is 353 g/mol. The molecule has 1 atom stereocenters. The second-order valence-electron chi connectivity index (χ2n) is 6.50. The molecule has 2 aliphatic rings. The van der Waals surface area contributed by atoms with Crippen LogP contribution in [0.4, 0.5) is 0 Å². The number of hydrogen-bond acceptors (Lipinski definition) is 4. The number of thiophene rings is 1. The number of hydrogen-bond donors (Lipinski definition) is 0. The highest BCUT2D eigenvalue weighted by atomic mass is 32.1. The minimum atomic E-state index is -0.327. The Bertz CT molecular complexity index is 849. The summed E-state index contributed by atoms with van der Waals surface area (Å²) in [5.74, 6) is -0.0194. The van der Waals surface area contributed by atoms with Gasteiger partial charge < -0.3 is 4.74 Å². The zero-order valence-electron chi connectivity index (χ0n) is 14.0. The summed E-state index contributed by atoms with van der Waals surface area (Å²) in [6, 6.07) is 9.79. The van der Waals surface area contributed by atoms with Crippen molar-refractivity contribution < 1.29 is 14.3 Å². The van der Waals surface area contributed by atoms with Crippen LogP contribution in [-0.4, -0.2) is 24.7 Å². The van der Waals surface area contributed by atoms with Crippen molar-refractivity contribution in [3.05, 3.63) is 45.6 Å². The summed E-state index contributed by atoms with van der Waals surface area (Å²) in [5.41, 5.74) is 2.70. The molecule has 0 radical (unpaired) electrons. The van der Waals surface area contributed by atoms with E-state index in [-0.39, 0.29) is 17.8 Å². The Balaban J connectivity index is 1.86. The van der Waals surface area contributed by atoms with E-state index >= 15 is 0 Å². The topological polar surface area (TPSA) is 55.7 Å². The van der Waals surface area contributed by atoms with E-state index < -0.39 is 0 Å². The van der Waals surface area contributed by atoms with Crippen LogP contribution in [0.2, 0.25) is 0 Å². The van der Waals surface area contributed by atoms with Crippen molar-refractivity contribution in [2.24, 2.45) is 10.9 Å². The number of aliphatic imine (C=N–C) groups is 1. The summed E-state index contributed by atoms with van der Waals surface area (Å²) in [6.07, 6.45) is 4.83. The standard InChI is InChI=1S/C20H19NO3S/c1-2-24-20(23)18-16(13-6-4-3-5-7-13)15-11-21-19(22)14(17(15)25-18)10-12-8-9-12/h3-7,11-12,14H,2,8-10H2,1H3. The van der Waals surface area contributed by atoms with Crippen LogP contribution in [-0.2, 0) is 9.53 Å². The first-order valence-corrected chi connectivity index (χ1v) is 9.47. The van der Waals surface area contributed by atoms with Crippen molar-refractivity contribution >= 4 is 29.4 Å². The third-order valence-electron chi connectivity index (χ3n) is 4.70. The lowest BCUT2D eigenvalue weighted by Crippen LogP contribution is -2.16. The molecule has 1 aliphatic carbocycles. The van der Waals surface area contributed by atoms with E-state index in [4.69, 9.17) is 4.74 Å². The molecule has 4 rings (SSSR count). The molecule has 1 aliphatic heterocycles. The van der Waals surface area contributed by atoms with Crippen molar-refractivity contribution in [2.75, 3.05) is 6.61 Å². The van der Waals surface area contributed by atoms with Gasteiger partial charge in [-0.05, 0) is 24.8 Å². The Hall–Kier alpha value is -2.27. The number of amides is 1. The fraction of sp³-hybridized carbons (Fsp3) is 0.350. The molecule has 0 bridgehead atoms. The van der Waals surface area contributed by atoms with Gasteiger partial charge in [-0.15, -0.1) is 11.3 Å². The van der Waals surface area contributed by atoms with E-state index in [0.29, 0.717) is 17.4 Å². The van der Waals surface area contributed by atoms with Crippen LogP contribution in [0, 0.1) is 5.92 Å². The first-order valence-electron chi connectivity index (χ1n) is 8.66. The summed E-state index contributed by atoms with van der Waals surface area (Å²) >= 11 is 1.40. The average molecular weight is 353 g/mol. The number of ether oxygens (including phenoxy) is 1. The van der Waals surface area contributed by atoms with Crippen molar-refractivity contribution in [2.45, 2.75) is 32.1 Å². The maximum absolute atomic E-state index is 12.5. The molecule has 0 N–H and O–H groups in total. The van der Waals surface area contributed by atoms with Gasteiger partial charge >= 0.3 is 5.97 Å². The lowest BCUT2D eigenvalue weighted by molar-refractivity contribution is -0.119. The van der Waals surface area contributed by atoms with Crippen molar-refractivity contribution in [1.82, 2.24) is 0 Å². The minimum absolute atomic E-state index is 0.0873. The SMILES string of the molecule is CCOC(=O)c1sc2c(c1-c1ccccc1)C=NC(=O)C2CC1CC1. The van der Waals surface area contributed by atoms with Crippen molar-refractivity contribution in [3.8, 4) is 11.1 Å². The molecule has 4 nitrogen and oxygen atoms in total. The summed E-state index contributed by atoms with van der Waals surface area (Å²) in [7, 11) is 0. The first kappa shape index (κ1) is 16.2. The van der Waals surface area contributed by atoms with Crippen LogP contribution in [0.15, 0.2) is 35.3 Å². The van der Waals surface area contributed by atoms with E-state index in [0.717, 1.165) is 28.0 Å². The number of nitrogens with zero attached hydrogens (tertiary/aromatic N) is 1. The van der Waals surface area contributed by atoms with Crippen LogP contribution in [0.5, 0.6) is 0 Å². The summed E-state index contributed by atoms with van der Waals surface area (Å²) < 4.78 is 5.27. The Morgan fingerprint density at radius 2 is 2.04 bits per heavy atom. The Morgan fingerprint density at radius 1 is 1.28 bits per heavy atom. The van der Waals surface area contributed by atoms with Crippen LogP contribution in [0.3, 0.4) is 0 Å². The van der Waals surface area contributed by atoms with Crippen molar-refractivity contribution in [3.63, 3.8) is 0 Å². The van der Waals surface area contributed by atoms with Crippen LogP contribution in [0.25, 0.3) is 11.1 Å². The zero-order valence-corrected chi connectivity index (χ0v) is 14.8. The second kappa shape index (κ2) is 6.56. The maximum Gasteiger partial charge on any atom is 0.348 e. The number of fused-ring (bicyclic) bond motifs is 1. The van der Waals surface area contributed by atoms with Gasteiger partial charge in [0.15, 0.2) is 0 Å².